The smallest absolute Gasteiger partial charge is 0.223 e. The van der Waals surface area contributed by atoms with E-state index in [-0.39, 0.29) is 5.75 Å². The second kappa shape index (κ2) is 7.33. The number of imidazole rings is 1. The van der Waals surface area contributed by atoms with Crippen LogP contribution < -0.4 is 10.1 Å². The number of nitrogens with one attached hydrogen (secondary N) is 2. The summed E-state index contributed by atoms with van der Waals surface area (Å²) in [5.41, 5.74) is 2.79. The number of halogens is 1. The first kappa shape index (κ1) is 16.2. The monoisotopic (exact) mass is 348 g/mol. The number of hydrogen-bond acceptors (Lipinski definition) is 4. The molecule has 0 unspecified atom stereocenters. The van der Waals surface area contributed by atoms with E-state index in [4.69, 9.17) is 4.74 Å². The highest BCUT2D eigenvalue weighted by Gasteiger charge is 2.09. The van der Waals surface area contributed by atoms with Gasteiger partial charge in [0.25, 0.3) is 0 Å². The van der Waals surface area contributed by atoms with E-state index in [0.29, 0.717) is 19.0 Å². The van der Waals surface area contributed by atoms with Gasteiger partial charge in [0.05, 0.1) is 17.6 Å². The van der Waals surface area contributed by atoms with E-state index in [1.807, 2.05) is 36.4 Å². The number of ether oxygens (including phenoxy) is 1. The van der Waals surface area contributed by atoms with Gasteiger partial charge in [-0.1, -0.05) is 30.3 Å². The molecule has 0 aliphatic carbocycles. The fourth-order valence-electron chi connectivity index (χ4n) is 2.69. The lowest BCUT2D eigenvalue weighted by molar-refractivity contribution is 0.420. The van der Waals surface area contributed by atoms with Crippen LogP contribution in [0.2, 0.25) is 0 Å². The van der Waals surface area contributed by atoms with Crippen molar-refractivity contribution in [2.45, 2.75) is 13.1 Å². The zero-order chi connectivity index (χ0) is 17.8. The Hall–Kier alpha value is -3.25. The summed E-state index contributed by atoms with van der Waals surface area (Å²) >= 11 is 0. The van der Waals surface area contributed by atoms with Crippen LogP contribution >= 0.6 is 0 Å². The van der Waals surface area contributed by atoms with Crippen LogP contribution in [0, 0.1) is 5.82 Å². The molecule has 0 saturated carbocycles. The molecule has 0 aliphatic heterocycles. The number of aromatic amines is 1. The van der Waals surface area contributed by atoms with Crippen molar-refractivity contribution in [3.8, 4) is 11.6 Å². The first-order chi connectivity index (χ1) is 12.8. The molecule has 2 heterocycles. The van der Waals surface area contributed by atoms with E-state index in [1.165, 1.54) is 6.07 Å². The van der Waals surface area contributed by atoms with Gasteiger partial charge in [0.15, 0.2) is 11.6 Å². The zero-order valence-electron chi connectivity index (χ0n) is 13.9. The molecule has 0 amide bonds. The van der Waals surface area contributed by atoms with Gasteiger partial charge >= 0.3 is 0 Å². The summed E-state index contributed by atoms with van der Waals surface area (Å²) in [5.74, 6) is 0.977. The van der Waals surface area contributed by atoms with Crippen molar-refractivity contribution in [2.24, 2.45) is 0 Å². The Balaban J connectivity index is 1.44. The Bertz CT molecular complexity index is 998. The van der Waals surface area contributed by atoms with Gasteiger partial charge in [0.1, 0.15) is 5.82 Å². The Morgan fingerprint density at radius 1 is 0.962 bits per heavy atom. The summed E-state index contributed by atoms with van der Waals surface area (Å²) < 4.78 is 19.4. The van der Waals surface area contributed by atoms with Crippen LogP contribution in [0.5, 0.6) is 11.6 Å². The largest absolute Gasteiger partial charge is 0.436 e. The molecule has 4 rings (SSSR count). The minimum atomic E-state index is -0.417. The van der Waals surface area contributed by atoms with Crippen LogP contribution in [0.25, 0.3) is 11.0 Å². The average molecular weight is 348 g/mol. The van der Waals surface area contributed by atoms with E-state index >= 15 is 0 Å². The minimum absolute atomic E-state index is 0.157. The molecule has 0 radical (unpaired) electrons. The van der Waals surface area contributed by atoms with Crippen LogP contribution in [0.4, 0.5) is 4.39 Å². The topological polar surface area (TPSA) is 62.8 Å². The lowest BCUT2D eigenvalue weighted by Crippen LogP contribution is -2.14. The molecule has 2 aromatic carbocycles. The van der Waals surface area contributed by atoms with Gasteiger partial charge in [-0.05, 0) is 30.3 Å². The molecule has 4 aromatic rings. The highest BCUT2D eigenvalue weighted by atomic mass is 19.1. The van der Waals surface area contributed by atoms with E-state index in [1.54, 1.807) is 24.4 Å². The molecule has 0 saturated heterocycles. The molecule has 0 aliphatic rings. The number of fused-ring (bicyclic) bond motifs is 1. The summed E-state index contributed by atoms with van der Waals surface area (Å²) in [7, 11) is 0. The summed E-state index contributed by atoms with van der Waals surface area (Å²) in [5, 5.41) is 3.31. The standard InChI is InChI=1S/C20H17FN4O/c21-15-7-1-4-10-18(15)26-20-14(6-5-11-23-20)12-22-13-19-24-16-8-2-3-9-17(16)25-19/h1-11,22H,12-13H2,(H,24,25). The molecule has 2 N–H and O–H groups in total. The highest BCUT2D eigenvalue weighted by molar-refractivity contribution is 5.74. The van der Waals surface area contributed by atoms with Gasteiger partial charge in [0, 0.05) is 18.3 Å². The summed E-state index contributed by atoms with van der Waals surface area (Å²) in [6.07, 6.45) is 1.62. The van der Waals surface area contributed by atoms with Crippen LogP contribution in [-0.4, -0.2) is 15.0 Å². The van der Waals surface area contributed by atoms with E-state index < -0.39 is 5.82 Å². The molecule has 6 heteroatoms. The van der Waals surface area contributed by atoms with Gasteiger partial charge in [-0.2, -0.15) is 0 Å². The number of para-hydroxylation sites is 3. The van der Waals surface area contributed by atoms with Crippen molar-refractivity contribution in [1.82, 2.24) is 20.3 Å². The molecule has 0 fully saturated rings. The third-order valence-electron chi connectivity index (χ3n) is 3.94. The van der Waals surface area contributed by atoms with Crippen LogP contribution in [0.1, 0.15) is 11.4 Å². The lowest BCUT2D eigenvalue weighted by Gasteiger charge is -2.10. The first-order valence-corrected chi connectivity index (χ1v) is 8.30. The maximum atomic E-state index is 13.8. The van der Waals surface area contributed by atoms with Crippen molar-refractivity contribution in [3.05, 3.63) is 84.1 Å². The third kappa shape index (κ3) is 3.55. The minimum Gasteiger partial charge on any atom is -0.436 e. The number of nitrogens with zero attached hydrogens (tertiary/aromatic N) is 2. The molecule has 5 nitrogen and oxygen atoms in total. The van der Waals surface area contributed by atoms with Gasteiger partial charge in [-0.15, -0.1) is 0 Å². The molecule has 0 spiro atoms. The fraction of sp³-hybridized carbons (Fsp3) is 0.100. The molecule has 0 atom stereocenters. The quantitative estimate of drug-likeness (QED) is 0.549. The van der Waals surface area contributed by atoms with Crippen molar-refractivity contribution >= 4 is 11.0 Å². The normalized spacial score (nSPS) is 11.0. The van der Waals surface area contributed by atoms with E-state index in [9.17, 15) is 4.39 Å². The highest BCUT2D eigenvalue weighted by Crippen LogP contribution is 2.25. The van der Waals surface area contributed by atoms with Gasteiger partial charge in [-0.25, -0.2) is 14.4 Å². The van der Waals surface area contributed by atoms with Crippen LogP contribution in [0.3, 0.4) is 0 Å². The maximum Gasteiger partial charge on any atom is 0.223 e. The van der Waals surface area contributed by atoms with Crippen LogP contribution in [0.15, 0.2) is 66.9 Å². The van der Waals surface area contributed by atoms with Crippen LogP contribution in [-0.2, 0) is 13.1 Å². The third-order valence-corrected chi connectivity index (χ3v) is 3.94. The summed E-state index contributed by atoms with van der Waals surface area (Å²) in [4.78, 5) is 12.0. The predicted octanol–water partition coefficient (Wildman–Crippen LogP) is 4.18. The first-order valence-electron chi connectivity index (χ1n) is 8.30. The molecule has 130 valence electrons. The zero-order valence-corrected chi connectivity index (χ0v) is 13.9. The lowest BCUT2D eigenvalue weighted by atomic mass is 10.2. The predicted molar refractivity (Wildman–Crippen MR) is 97.3 cm³/mol. The molecular formula is C20H17FN4O. The Morgan fingerprint density at radius 3 is 2.69 bits per heavy atom. The number of aromatic nitrogens is 3. The average Bonchev–Trinajstić information content (AvgIpc) is 3.08. The maximum absolute atomic E-state index is 13.8. The van der Waals surface area contributed by atoms with Crippen molar-refractivity contribution in [1.29, 1.82) is 0 Å². The van der Waals surface area contributed by atoms with Crippen molar-refractivity contribution in [2.75, 3.05) is 0 Å². The number of rotatable bonds is 6. The number of hydrogen-bond donors (Lipinski definition) is 2. The molecule has 0 bridgehead atoms. The van der Waals surface area contributed by atoms with Gasteiger partial charge in [0.2, 0.25) is 5.88 Å². The Kier molecular flexibility index (Phi) is 4.57. The van der Waals surface area contributed by atoms with Crippen molar-refractivity contribution < 1.29 is 9.13 Å². The second-order valence-electron chi connectivity index (χ2n) is 5.80. The number of benzene rings is 2. The summed E-state index contributed by atoms with van der Waals surface area (Å²) in [6, 6.07) is 17.9. The number of pyridine rings is 1. The van der Waals surface area contributed by atoms with Crippen molar-refractivity contribution in [3.63, 3.8) is 0 Å². The molecular weight excluding hydrogens is 331 g/mol. The van der Waals surface area contributed by atoms with Gasteiger partial charge < -0.3 is 15.0 Å². The Labute approximate surface area is 149 Å². The second-order valence-corrected chi connectivity index (χ2v) is 5.80. The molecule has 2 aromatic heterocycles. The van der Waals surface area contributed by atoms with Gasteiger partial charge in [-0.3, -0.25) is 0 Å². The molecule has 26 heavy (non-hydrogen) atoms. The fourth-order valence-corrected chi connectivity index (χ4v) is 2.69. The Morgan fingerprint density at radius 2 is 1.81 bits per heavy atom. The summed E-state index contributed by atoms with van der Waals surface area (Å²) in [6.45, 7) is 1.09. The number of H-pyrrole nitrogens is 1. The SMILES string of the molecule is Fc1ccccc1Oc1ncccc1CNCc1nc2ccccc2[nH]1. The van der Waals surface area contributed by atoms with E-state index in [2.05, 4.69) is 20.3 Å². The van der Waals surface area contributed by atoms with E-state index in [0.717, 1.165) is 22.4 Å².